The van der Waals surface area contributed by atoms with Crippen LogP contribution in [0.25, 0.3) is 0 Å². The summed E-state index contributed by atoms with van der Waals surface area (Å²) in [5, 5.41) is 9.52. The highest BCUT2D eigenvalue weighted by Crippen LogP contribution is 2.36. The first-order chi connectivity index (χ1) is 8.18. The van der Waals surface area contributed by atoms with Gasteiger partial charge in [0.2, 0.25) is 5.69 Å². The second kappa shape index (κ2) is 4.77. The highest BCUT2D eigenvalue weighted by Gasteiger charge is 2.38. The molecule has 0 unspecified atom stereocenters. The van der Waals surface area contributed by atoms with E-state index in [-0.39, 0.29) is 6.07 Å². The van der Waals surface area contributed by atoms with Gasteiger partial charge in [0.1, 0.15) is 5.15 Å². The standard InChI is InChI=1S/C8H4ClF3N2O4/c1-18-7(15)5-4(14(16)17)2-3(6(9)13-5)8(10,11)12/h2H,1H3. The average molecular weight is 285 g/mol. The van der Waals surface area contributed by atoms with Crippen LogP contribution in [0.5, 0.6) is 0 Å². The molecule has 1 aromatic heterocycles. The molecule has 0 aromatic carbocycles. The molecular formula is C8H4ClF3N2O4. The van der Waals surface area contributed by atoms with E-state index in [1.807, 2.05) is 0 Å². The fraction of sp³-hybridized carbons (Fsp3) is 0.250. The molecule has 98 valence electrons. The number of nitro groups is 1. The van der Waals surface area contributed by atoms with Crippen molar-refractivity contribution < 1.29 is 27.6 Å². The van der Waals surface area contributed by atoms with Crippen LogP contribution >= 0.6 is 11.6 Å². The lowest BCUT2D eigenvalue weighted by molar-refractivity contribution is -0.385. The van der Waals surface area contributed by atoms with Gasteiger partial charge in [0.05, 0.1) is 17.6 Å². The molecule has 6 nitrogen and oxygen atoms in total. The van der Waals surface area contributed by atoms with Gasteiger partial charge in [-0.1, -0.05) is 11.6 Å². The number of hydrogen-bond donors (Lipinski definition) is 0. The molecule has 0 spiro atoms. The zero-order valence-electron chi connectivity index (χ0n) is 8.62. The Morgan fingerprint density at radius 1 is 1.56 bits per heavy atom. The number of hydrogen-bond acceptors (Lipinski definition) is 5. The number of esters is 1. The molecule has 0 bridgehead atoms. The fourth-order valence-corrected chi connectivity index (χ4v) is 1.31. The van der Waals surface area contributed by atoms with Gasteiger partial charge in [-0.25, -0.2) is 9.78 Å². The van der Waals surface area contributed by atoms with Crippen molar-refractivity contribution in [3.63, 3.8) is 0 Å². The van der Waals surface area contributed by atoms with Crippen LogP contribution in [0.2, 0.25) is 5.15 Å². The third-order valence-electron chi connectivity index (χ3n) is 1.84. The zero-order valence-corrected chi connectivity index (χ0v) is 9.37. The molecule has 0 aliphatic heterocycles. The minimum Gasteiger partial charge on any atom is -0.464 e. The van der Waals surface area contributed by atoms with Crippen LogP contribution in [0.15, 0.2) is 6.07 Å². The van der Waals surface area contributed by atoms with Gasteiger partial charge in [-0.05, 0) is 0 Å². The zero-order chi connectivity index (χ0) is 14.1. The first-order valence-electron chi connectivity index (χ1n) is 4.19. The molecule has 0 aliphatic rings. The molecule has 0 saturated heterocycles. The number of aromatic nitrogens is 1. The van der Waals surface area contributed by atoms with E-state index in [1.54, 1.807) is 0 Å². The van der Waals surface area contributed by atoms with E-state index < -0.39 is 39.2 Å². The van der Waals surface area contributed by atoms with Crippen molar-refractivity contribution in [1.29, 1.82) is 0 Å². The first kappa shape index (κ1) is 14.2. The summed E-state index contributed by atoms with van der Waals surface area (Å²) in [5.41, 5.74) is -3.51. The van der Waals surface area contributed by atoms with Gasteiger partial charge in [0, 0.05) is 6.07 Å². The smallest absolute Gasteiger partial charge is 0.419 e. The lowest BCUT2D eigenvalue weighted by Crippen LogP contribution is -2.13. The number of carbonyl (C=O) groups excluding carboxylic acids is 1. The first-order valence-corrected chi connectivity index (χ1v) is 4.56. The molecule has 1 aromatic rings. The van der Waals surface area contributed by atoms with Gasteiger partial charge in [-0.2, -0.15) is 13.2 Å². The Labute approximate surface area is 102 Å². The second-order valence-corrected chi connectivity index (χ2v) is 3.30. The van der Waals surface area contributed by atoms with Crippen LogP contribution in [0, 0.1) is 10.1 Å². The van der Waals surface area contributed by atoms with Gasteiger partial charge in [0.25, 0.3) is 0 Å². The number of pyridine rings is 1. The molecule has 1 rings (SSSR count). The van der Waals surface area contributed by atoms with Crippen molar-refractivity contribution in [2.75, 3.05) is 7.11 Å². The van der Waals surface area contributed by atoms with Crippen molar-refractivity contribution >= 4 is 23.3 Å². The third kappa shape index (κ3) is 2.67. The van der Waals surface area contributed by atoms with Gasteiger partial charge in [-0.3, -0.25) is 10.1 Å². The summed E-state index contributed by atoms with van der Waals surface area (Å²) in [6.07, 6.45) is -4.91. The number of halogens is 4. The quantitative estimate of drug-likeness (QED) is 0.360. The summed E-state index contributed by atoms with van der Waals surface area (Å²) in [5.74, 6) is -1.25. The number of ether oxygens (including phenoxy) is 1. The highest BCUT2D eigenvalue weighted by atomic mass is 35.5. The van der Waals surface area contributed by atoms with E-state index >= 15 is 0 Å². The largest absolute Gasteiger partial charge is 0.464 e. The Morgan fingerprint density at radius 3 is 2.50 bits per heavy atom. The number of nitrogens with zero attached hydrogens (tertiary/aromatic N) is 2. The summed E-state index contributed by atoms with van der Waals surface area (Å²) in [6, 6.07) is 0.140. The average Bonchev–Trinajstić information content (AvgIpc) is 2.25. The van der Waals surface area contributed by atoms with Crippen LogP contribution in [0.3, 0.4) is 0 Å². The molecule has 0 atom stereocenters. The minimum absolute atomic E-state index is 0.140. The maximum absolute atomic E-state index is 12.4. The van der Waals surface area contributed by atoms with Crippen molar-refractivity contribution in [3.8, 4) is 0 Å². The Hall–Kier alpha value is -1.90. The topological polar surface area (TPSA) is 82.3 Å². The number of alkyl halides is 3. The predicted molar refractivity (Wildman–Crippen MR) is 52.2 cm³/mol. The van der Waals surface area contributed by atoms with E-state index in [0.29, 0.717) is 0 Å². The number of carbonyl (C=O) groups is 1. The third-order valence-corrected chi connectivity index (χ3v) is 2.12. The molecule has 0 fully saturated rings. The summed E-state index contributed by atoms with van der Waals surface area (Å²) in [7, 11) is 0.902. The van der Waals surface area contributed by atoms with Gasteiger partial charge in [0.15, 0.2) is 0 Å². The lowest BCUT2D eigenvalue weighted by Gasteiger charge is -2.09. The molecule has 0 aliphatic carbocycles. The Morgan fingerprint density at radius 2 is 2.11 bits per heavy atom. The minimum atomic E-state index is -4.91. The van der Waals surface area contributed by atoms with Crippen molar-refractivity contribution in [2.45, 2.75) is 6.18 Å². The van der Waals surface area contributed by atoms with Crippen molar-refractivity contribution in [2.24, 2.45) is 0 Å². The van der Waals surface area contributed by atoms with E-state index in [4.69, 9.17) is 11.6 Å². The lowest BCUT2D eigenvalue weighted by atomic mass is 10.2. The SMILES string of the molecule is COC(=O)c1nc(Cl)c(C(F)(F)F)cc1[N+](=O)[O-]. The Kier molecular flexibility index (Phi) is 3.75. The Balaban J connectivity index is 3.54. The Bertz CT molecular complexity index is 518. The second-order valence-electron chi connectivity index (χ2n) is 2.94. The summed E-state index contributed by atoms with van der Waals surface area (Å²) in [6.45, 7) is 0. The van der Waals surface area contributed by atoms with Crippen LogP contribution in [-0.2, 0) is 10.9 Å². The molecule has 0 radical (unpaired) electrons. The molecular weight excluding hydrogens is 281 g/mol. The fourth-order valence-electron chi connectivity index (χ4n) is 1.07. The number of methoxy groups -OCH3 is 1. The summed E-state index contributed by atoms with van der Waals surface area (Å²) in [4.78, 5) is 23.6. The maximum atomic E-state index is 12.4. The molecule has 10 heteroatoms. The molecule has 18 heavy (non-hydrogen) atoms. The highest BCUT2D eigenvalue weighted by molar-refractivity contribution is 6.30. The molecule has 0 amide bonds. The molecule has 1 heterocycles. The van der Waals surface area contributed by atoms with E-state index in [9.17, 15) is 28.1 Å². The molecule has 0 N–H and O–H groups in total. The van der Waals surface area contributed by atoms with Gasteiger partial charge in [-0.15, -0.1) is 0 Å². The summed E-state index contributed by atoms with van der Waals surface area (Å²) >= 11 is 5.23. The maximum Gasteiger partial charge on any atom is 0.419 e. The van der Waals surface area contributed by atoms with Crippen LogP contribution in [-0.4, -0.2) is 23.0 Å². The van der Waals surface area contributed by atoms with E-state index in [2.05, 4.69) is 9.72 Å². The van der Waals surface area contributed by atoms with Gasteiger partial charge < -0.3 is 4.74 Å². The predicted octanol–water partition coefficient (Wildman–Crippen LogP) is 2.45. The van der Waals surface area contributed by atoms with Crippen LogP contribution in [0.4, 0.5) is 18.9 Å². The van der Waals surface area contributed by atoms with Crippen molar-refractivity contribution in [3.05, 3.63) is 32.6 Å². The molecule has 0 saturated carbocycles. The normalized spacial score (nSPS) is 11.2. The monoisotopic (exact) mass is 284 g/mol. The van der Waals surface area contributed by atoms with Crippen LogP contribution in [0.1, 0.15) is 16.1 Å². The summed E-state index contributed by atoms with van der Waals surface area (Å²) < 4.78 is 41.5. The van der Waals surface area contributed by atoms with E-state index in [1.165, 1.54) is 0 Å². The van der Waals surface area contributed by atoms with Gasteiger partial charge >= 0.3 is 17.8 Å². The van der Waals surface area contributed by atoms with Crippen LogP contribution < -0.4 is 0 Å². The number of rotatable bonds is 2. The van der Waals surface area contributed by atoms with Crippen molar-refractivity contribution in [1.82, 2.24) is 4.98 Å². The van der Waals surface area contributed by atoms with E-state index in [0.717, 1.165) is 7.11 Å².